The summed E-state index contributed by atoms with van der Waals surface area (Å²) in [5, 5.41) is 6.61. The Labute approximate surface area is 152 Å². The van der Waals surface area contributed by atoms with Crippen molar-refractivity contribution in [3.8, 4) is 0 Å². The third-order valence-electron chi connectivity index (χ3n) is 4.13. The van der Waals surface area contributed by atoms with Crippen LogP contribution in [-0.2, 0) is 4.79 Å². The summed E-state index contributed by atoms with van der Waals surface area (Å²) in [6.07, 6.45) is 6.48. The van der Waals surface area contributed by atoms with Crippen LogP contribution < -0.4 is 10.6 Å². The van der Waals surface area contributed by atoms with Crippen LogP contribution in [0.1, 0.15) is 52.4 Å². The molecule has 0 atom stereocenters. The van der Waals surface area contributed by atoms with E-state index in [4.69, 9.17) is 0 Å². The van der Waals surface area contributed by atoms with Crippen LogP contribution in [-0.4, -0.2) is 50.5 Å². The number of aliphatic imine (C=N–C) groups is 1. The summed E-state index contributed by atoms with van der Waals surface area (Å²) in [7, 11) is 3.69. The van der Waals surface area contributed by atoms with E-state index in [1.165, 1.54) is 0 Å². The Balaban J connectivity index is 0.00000441. The fourth-order valence-electron chi connectivity index (χ4n) is 2.92. The minimum atomic E-state index is -0.281. The van der Waals surface area contributed by atoms with Crippen molar-refractivity contribution < 1.29 is 4.79 Å². The maximum Gasteiger partial charge on any atom is 0.230 e. The fraction of sp³-hybridized carbons (Fsp3) is 0.875. The Hall–Kier alpha value is -0.530. The molecule has 0 aromatic heterocycles. The van der Waals surface area contributed by atoms with E-state index in [9.17, 15) is 4.79 Å². The van der Waals surface area contributed by atoms with Crippen LogP contribution in [0.2, 0.25) is 0 Å². The molecule has 0 radical (unpaired) electrons. The highest BCUT2D eigenvalue weighted by Gasteiger charge is 2.41. The normalized spacial score (nSPS) is 16.8. The number of hydrogen-bond acceptors (Lipinski definition) is 2. The van der Waals surface area contributed by atoms with Crippen LogP contribution in [0.4, 0.5) is 0 Å². The SMILES string of the molecule is CCCCNC(=NCC1(C(=O)N(C)C)CCCC1)NCC.I. The maximum absolute atomic E-state index is 12.5. The lowest BCUT2D eigenvalue weighted by molar-refractivity contribution is -0.138. The molecule has 1 rings (SSSR count). The van der Waals surface area contributed by atoms with Crippen LogP contribution in [0, 0.1) is 5.41 Å². The van der Waals surface area contributed by atoms with E-state index in [-0.39, 0.29) is 35.3 Å². The van der Waals surface area contributed by atoms with E-state index in [1.54, 1.807) is 4.90 Å². The van der Waals surface area contributed by atoms with Crippen molar-refractivity contribution in [2.45, 2.75) is 52.4 Å². The number of hydrogen-bond donors (Lipinski definition) is 2. The molecule has 0 bridgehead atoms. The molecule has 0 heterocycles. The highest BCUT2D eigenvalue weighted by Crippen LogP contribution is 2.39. The third-order valence-corrected chi connectivity index (χ3v) is 4.13. The van der Waals surface area contributed by atoms with Gasteiger partial charge in [-0.15, -0.1) is 24.0 Å². The molecule has 0 aromatic rings. The third kappa shape index (κ3) is 6.30. The van der Waals surface area contributed by atoms with Gasteiger partial charge in [0.25, 0.3) is 0 Å². The molecule has 0 aliphatic heterocycles. The quantitative estimate of drug-likeness (QED) is 0.286. The highest BCUT2D eigenvalue weighted by atomic mass is 127. The van der Waals surface area contributed by atoms with E-state index in [2.05, 4.69) is 29.5 Å². The second-order valence-corrected chi connectivity index (χ2v) is 6.16. The van der Waals surface area contributed by atoms with Crippen molar-refractivity contribution in [2.75, 3.05) is 33.7 Å². The molecule has 0 unspecified atom stereocenters. The number of unbranched alkanes of at least 4 members (excludes halogenated alkanes) is 1. The summed E-state index contributed by atoms with van der Waals surface area (Å²) in [5.41, 5.74) is -0.281. The van der Waals surface area contributed by atoms with Gasteiger partial charge in [0.1, 0.15) is 0 Å². The van der Waals surface area contributed by atoms with Crippen molar-refractivity contribution in [3.05, 3.63) is 0 Å². The first-order valence-electron chi connectivity index (χ1n) is 8.29. The number of carbonyl (C=O) groups is 1. The number of rotatable bonds is 7. The lowest BCUT2D eigenvalue weighted by Gasteiger charge is -2.29. The fourth-order valence-corrected chi connectivity index (χ4v) is 2.92. The van der Waals surface area contributed by atoms with Gasteiger partial charge in [-0.05, 0) is 26.2 Å². The molecule has 1 amide bonds. The lowest BCUT2D eigenvalue weighted by atomic mass is 9.85. The van der Waals surface area contributed by atoms with Crippen LogP contribution in [0.3, 0.4) is 0 Å². The highest BCUT2D eigenvalue weighted by molar-refractivity contribution is 14.0. The zero-order valence-electron chi connectivity index (χ0n) is 14.6. The van der Waals surface area contributed by atoms with Gasteiger partial charge in [-0.1, -0.05) is 26.2 Å². The number of nitrogens with zero attached hydrogens (tertiary/aromatic N) is 2. The van der Waals surface area contributed by atoms with Gasteiger partial charge in [0, 0.05) is 27.2 Å². The standard InChI is InChI=1S/C16H32N4O.HI/c1-5-7-12-18-15(17-6-2)19-13-16(10-8-9-11-16)14(21)20(3)4;/h5-13H2,1-4H3,(H2,17,18,19);1H. The number of nitrogens with one attached hydrogen (secondary N) is 2. The Morgan fingerprint density at radius 1 is 1.18 bits per heavy atom. The largest absolute Gasteiger partial charge is 0.357 e. The second kappa shape index (κ2) is 11.1. The summed E-state index contributed by atoms with van der Waals surface area (Å²) in [6, 6.07) is 0. The Morgan fingerprint density at radius 2 is 1.82 bits per heavy atom. The molecule has 0 spiro atoms. The maximum atomic E-state index is 12.5. The zero-order chi connectivity index (χ0) is 15.7. The number of carbonyl (C=O) groups excluding carboxylic acids is 1. The van der Waals surface area contributed by atoms with Crippen LogP contribution in [0.5, 0.6) is 0 Å². The van der Waals surface area contributed by atoms with Gasteiger partial charge in [-0.3, -0.25) is 9.79 Å². The zero-order valence-corrected chi connectivity index (χ0v) is 16.9. The first kappa shape index (κ1) is 21.5. The van der Waals surface area contributed by atoms with Gasteiger partial charge in [0.2, 0.25) is 5.91 Å². The van der Waals surface area contributed by atoms with Gasteiger partial charge < -0.3 is 15.5 Å². The molecule has 6 heteroatoms. The Kier molecular flexibility index (Phi) is 10.8. The molecule has 2 N–H and O–H groups in total. The number of halogens is 1. The summed E-state index contributed by atoms with van der Waals surface area (Å²) in [4.78, 5) is 18.9. The summed E-state index contributed by atoms with van der Waals surface area (Å²) in [6.45, 7) is 6.59. The van der Waals surface area contributed by atoms with Crippen molar-refractivity contribution in [3.63, 3.8) is 0 Å². The molecule has 22 heavy (non-hydrogen) atoms. The van der Waals surface area contributed by atoms with Gasteiger partial charge in [-0.2, -0.15) is 0 Å². The molecule has 0 aromatic carbocycles. The Bertz CT molecular complexity index is 352. The lowest BCUT2D eigenvalue weighted by Crippen LogP contribution is -2.43. The number of guanidine groups is 1. The second-order valence-electron chi connectivity index (χ2n) is 6.16. The van der Waals surface area contributed by atoms with E-state index in [0.29, 0.717) is 6.54 Å². The van der Waals surface area contributed by atoms with E-state index < -0.39 is 0 Å². The minimum absolute atomic E-state index is 0. The first-order chi connectivity index (χ1) is 10.1. The monoisotopic (exact) mass is 424 g/mol. The molecule has 5 nitrogen and oxygen atoms in total. The summed E-state index contributed by atoms with van der Waals surface area (Å²) >= 11 is 0. The molecule has 1 fully saturated rings. The first-order valence-corrected chi connectivity index (χ1v) is 8.29. The molecular weight excluding hydrogens is 391 g/mol. The van der Waals surface area contributed by atoms with Crippen LogP contribution in [0.25, 0.3) is 0 Å². The predicted molar refractivity (Wildman–Crippen MR) is 104 cm³/mol. The Morgan fingerprint density at radius 3 is 2.32 bits per heavy atom. The molecule has 1 aliphatic rings. The summed E-state index contributed by atoms with van der Waals surface area (Å²) in [5.74, 6) is 1.07. The van der Waals surface area contributed by atoms with E-state index in [1.807, 2.05) is 14.1 Å². The van der Waals surface area contributed by atoms with Crippen molar-refractivity contribution >= 4 is 35.8 Å². The van der Waals surface area contributed by atoms with Crippen molar-refractivity contribution in [2.24, 2.45) is 10.4 Å². The molecule has 130 valence electrons. The van der Waals surface area contributed by atoms with Crippen LogP contribution >= 0.6 is 24.0 Å². The van der Waals surface area contributed by atoms with Gasteiger partial charge in [-0.25, -0.2) is 0 Å². The predicted octanol–water partition coefficient (Wildman–Crippen LogP) is 2.61. The molecule has 1 saturated carbocycles. The smallest absolute Gasteiger partial charge is 0.230 e. The summed E-state index contributed by atoms with van der Waals surface area (Å²) < 4.78 is 0. The number of amides is 1. The van der Waals surface area contributed by atoms with Gasteiger partial charge in [0.05, 0.1) is 12.0 Å². The topological polar surface area (TPSA) is 56.7 Å². The average molecular weight is 424 g/mol. The molecule has 0 saturated heterocycles. The van der Waals surface area contributed by atoms with Crippen molar-refractivity contribution in [1.29, 1.82) is 0 Å². The van der Waals surface area contributed by atoms with Gasteiger partial charge in [0.15, 0.2) is 5.96 Å². The van der Waals surface area contributed by atoms with E-state index in [0.717, 1.165) is 57.6 Å². The van der Waals surface area contributed by atoms with Crippen molar-refractivity contribution in [1.82, 2.24) is 15.5 Å². The average Bonchev–Trinajstić information content (AvgIpc) is 2.94. The van der Waals surface area contributed by atoms with Gasteiger partial charge >= 0.3 is 0 Å². The molecule has 1 aliphatic carbocycles. The van der Waals surface area contributed by atoms with E-state index >= 15 is 0 Å². The van der Waals surface area contributed by atoms with Crippen LogP contribution in [0.15, 0.2) is 4.99 Å². The molecular formula is C16H33IN4O. The minimum Gasteiger partial charge on any atom is -0.357 e.